The number of fused-ring (bicyclic) bond motifs is 1. The van der Waals surface area contributed by atoms with E-state index in [0.29, 0.717) is 6.61 Å². The van der Waals surface area contributed by atoms with Gasteiger partial charge in [-0.25, -0.2) is 0 Å². The van der Waals surface area contributed by atoms with Crippen LogP contribution in [0.4, 0.5) is 0 Å². The third kappa shape index (κ3) is 3.09. The predicted octanol–water partition coefficient (Wildman–Crippen LogP) is 6.70. The lowest BCUT2D eigenvalue weighted by atomic mass is 9.91. The van der Waals surface area contributed by atoms with Crippen molar-refractivity contribution in [2.45, 2.75) is 20.5 Å². The molecule has 0 aromatic heterocycles. The number of benzene rings is 4. The maximum atomic E-state index is 6.30. The molecule has 0 aliphatic heterocycles. The van der Waals surface area contributed by atoms with Crippen molar-refractivity contribution in [1.29, 1.82) is 0 Å². The summed E-state index contributed by atoms with van der Waals surface area (Å²) in [5.41, 5.74) is 6.17. The van der Waals surface area contributed by atoms with Gasteiger partial charge >= 0.3 is 0 Å². The van der Waals surface area contributed by atoms with Crippen LogP contribution in [0.15, 0.2) is 84.9 Å². The lowest BCUT2D eigenvalue weighted by molar-refractivity contribution is 0.308. The molecule has 26 heavy (non-hydrogen) atoms. The SMILES string of the molecule is Cc1cccc(C)c1-c1c(OCc2ccccc2)ccc2ccccc12. The molecular weight excluding hydrogens is 316 g/mol. The fraction of sp³-hybridized carbons (Fsp3) is 0.120. The third-order valence-electron chi connectivity index (χ3n) is 4.86. The summed E-state index contributed by atoms with van der Waals surface area (Å²) in [5, 5.41) is 2.47. The molecule has 128 valence electrons. The molecule has 0 unspecified atom stereocenters. The van der Waals surface area contributed by atoms with Gasteiger partial charge in [-0.1, -0.05) is 78.9 Å². The summed E-state index contributed by atoms with van der Waals surface area (Å²) >= 11 is 0. The average molecular weight is 338 g/mol. The van der Waals surface area contributed by atoms with Gasteiger partial charge < -0.3 is 4.74 Å². The van der Waals surface area contributed by atoms with Crippen LogP contribution in [0.25, 0.3) is 21.9 Å². The third-order valence-corrected chi connectivity index (χ3v) is 4.86. The molecule has 4 rings (SSSR count). The van der Waals surface area contributed by atoms with Gasteiger partial charge in [0.1, 0.15) is 12.4 Å². The minimum absolute atomic E-state index is 0.567. The zero-order valence-electron chi connectivity index (χ0n) is 15.2. The second-order valence-corrected chi connectivity index (χ2v) is 6.70. The number of ether oxygens (including phenoxy) is 1. The lowest BCUT2D eigenvalue weighted by Gasteiger charge is -2.18. The van der Waals surface area contributed by atoms with E-state index in [4.69, 9.17) is 4.74 Å². The van der Waals surface area contributed by atoms with Crippen LogP contribution in [0.3, 0.4) is 0 Å². The van der Waals surface area contributed by atoms with Crippen LogP contribution < -0.4 is 4.74 Å². The van der Waals surface area contributed by atoms with Crippen LogP contribution in [0.2, 0.25) is 0 Å². The van der Waals surface area contributed by atoms with Gasteiger partial charge in [0.15, 0.2) is 0 Å². The Morgan fingerprint density at radius 1 is 0.615 bits per heavy atom. The van der Waals surface area contributed by atoms with Crippen molar-refractivity contribution in [3.05, 3.63) is 102 Å². The first-order chi connectivity index (χ1) is 12.7. The normalized spacial score (nSPS) is 10.8. The smallest absolute Gasteiger partial charge is 0.128 e. The number of rotatable bonds is 4. The van der Waals surface area contributed by atoms with Crippen molar-refractivity contribution >= 4 is 10.8 Å². The van der Waals surface area contributed by atoms with E-state index in [1.54, 1.807) is 0 Å². The number of hydrogen-bond acceptors (Lipinski definition) is 1. The van der Waals surface area contributed by atoms with Crippen molar-refractivity contribution in [3.63, 3.8) is 0 Å². The molecular formula is C25H22O. The van der Waals surface area contributed by atoms with E-state index in [-0.39, 0.29) is 0 Å². The Morgan fingerprint density at radius 2 is 1.31 bits per heavy atom. The van der Waals surface area contributed by atoms with Crippen molar-refractivity contribution < 1.29 is 4.74 Å². The Kier molecular flexibility index (Phi) is 4.45. The Morgan fingerprint density at radius 3 is 2.08 bits per heavy atom. The quantitative estimate of drug-likeness (QED) is 0.402. The van der Waals surface area contributed by atoms with E-state index in [0.717, 1.165) is 5.75 Å². The van der Waals surface area contributed by atoms with E-state index in [2.05, 4.69) is 80.6 Å². The Balaban J connectivity index is 1.88. The van der Waals surface area contributed by atoms with E-state index in [1.807, 2.05) is 18.2 Å². The van der Waals surface area contributed by atoms with Gasteiger partial charge in [0.05, 0.1) is 0 Å². The summed E-state index contributed by atoms with van der Waals surface area (Å²) in [4.78, 5) is 0. The Labute approximate surface area is 154 Å². The Hall–Kier alpha value is -3.06. The van der Waals surface area contributed by atoms with E-state index in [1.165, 1.54) is 38.6 Å². The summed E-state index contributed by atoms with van der Waals surface area (Å²) in [7, 11) is 0. The summed E-state index contributed by atoms with van der Waals surface area (Å²) in [6.45, 7) is 4.91. The highest BCUT2D eigenvalue weighted by Crippen LogP contribution is 2.40. The number of aryl methyl sites for hydroxylation is 2. The molecule has 0 spiro atoms. The maximum absolute atomic E-state index is 6.30. The van der Waals surface area contributed by atoms with Crippen LogP contribution >= 0.6 is 0 Å². The van der Waals surface area contributed by atoms with Gasteiger partial charge in [-0.3, -0.25) is 0 Å². The van der Waals surface area contributed by atoms with Crippen molar-refractivity contribution in [2.24, 2.45) is 0 Å². The molecule has 0 aliphatic rings. The van der Waals surface area contributed by atoms with Crippen LogP contribution in [0.5, 0.6) is 5.75 Å². The van der Waals surface area contributed by atoms with Gasteiger partial charge in [0.2, 0.25) is 0 Å². The summed E-state index contributed by atoms with van der Waals surface area (Å²) in [6, 6.07) is 29.6. The van der Waals surface area contributed by atoms with Gasteiger partial charge in [0.25, 0.3) is 0 Å². The molecule has 0 bridgehead atoms. The van der Waals surface area contributed by atoms with Crippen LogP contribution in [-0.4, -0.2) is 0 Å². The molecule has 4 aromatic rings. The first-order valence-corrected chi connectivity index (χ1v) is 8.99. The largest absolute Gasteiger partial charge is 0.488 e. The van der Waals surface area contributed by atoms with Gasteiger partial charge in [-0.2, -0.15) is 0 Å². The predicted molar refractivity (Wildman–Crippen MR) is 110 cm³/mol. The standard InChI is InChI=1S/C25H22O/c1-18-9-8-10-19(2)24(18)25-22-14-7-6-13-21(22)15-16-23(25)26-17-20-11-4-3-5-12-20/h3-16H,17H2,1-2H3. The molecule has 0 radical (unpaired) electrons. The molecule has 0 atom stereocenters. The first-order valence-electron chi connectivity index (χ1n) is 8.99. The van der Waals surface area contributed by atoms with E-state index in [9.17, 15) is 0 Å². The van der Waals surface area contributed by atoms with Gasteiger partial charge in [0, 0.05) is 5.56 Å². The highest BCUT2D eigenvalue weighted by atomic mass is 16.5. The molecule has 1 nitrogen and oxygen atoms in total. The fourth-order valence-electron chi connectivity index (χ4n) is 3.57. The minimum atomic E-state index is 0.567. The topological polar surface area (TPSA) is 9.23 Å². The average Bonchev–Trinajstić information content (AvgIpc) is 2.67. The summed E-state index contributed by atoms with van der Waals surface area (Å²) in [5.74, 6) is 0.935. The highest BCUT2D eigenvalue weighted by molar-refractivity contribution is 6.01. The first kappa shape index (κ1) is 16.4. The molecule has 0 saturated carbocycles. The molecule has 1 heteroatoms. The Bertz CT molecular complexity index is 1030. The van der Waals surface area contributed by atoms with Crippen molar-refractivity contribution in [3.8, 4) is 16.9 Å². The van der Waals surface area contributed by atoms with Gasteiger partial charge in [-0.05, 0) is 52.9 Å². The minimum Gasteiger partial charge on any atom is -0.488 e. The molecule has 0 amide bonds. The monoisotopic (exact) mass is 338 g/mol. The zero-order valence-corrected chi connectivity index (χ0v) is 15.2. The molecule has 0 N–H and O–H groups in total. The van der Waals surface area contributed by atoms with Crippen LogP contribution in [0.1, 0.15) is 16.7 Å². The molecule has 0 fully saturated rings. The molecule has 0 saturated heterocycles. The summed E-state index contributed by atoms with van der Waals surface area (Å²) < 4.78 is 6.30. The van der Waals surface area contributed by atoms with E-state index >= 15 is 0 Å². The van der Waals surface area contributed by atoms with E-state index < -0.39 is 0 Å². The second-order valence-electron chi connectivity index (χ2n) is 6.70. The summed E-state index contributed by atoms with van der Waals surface area (Å²) in [6.07, 6.45) is 0. The van der Waals surface area contributed by atoms with Gasteiger partial charge in [-0.15, -0.1) is 0 Å². The second kappa shape index (κ2) is 7.05. The zero-order chi connectivity index (χ0) is 17.9. The lowest BCUT2D eigenvalue weighted by Crippen LogP contribution is -1.99. The van der Waals surface area contributed by atoms with Crippen molar-refractivity contribution in [1.82, 2.24) is 0 Å². The maximum Gasteiger partial charge on any atom is 0.128 e. The highest BCUT2D eigenvalue weighted by Gasteiger charge is 2.15. The van der Waals surface area contributed by atoms with Crippen molar-refractivity contribution in [2.75, 3.05) is 0 Å². The van der Waals surface area contributed by atoms with Crippen LogP contribution in [-0.2, 0) is 6.61 Å². The molecule has 4 aromatic carbocycles. The fourth-order valence-corrected chi connectivity index (χ4v) is 3.57. The molecule has 0 heterocycles. The molecule has 0 aliphatic carbocycles. The van der Waals surface area contributed by atoms with Crippen LogP contribution in [0, 0.1) is 13.8 Å². The number of hydrogen-bond donors (Lipinski definition) is 0.